The highest BCUT2D eigenvalue weighted by molar-refractivity contribution is 5.91. The van der Waals surface area contributed by atoms with E-state index >= 15 is 0 Å². The third-order valence-corrected chi connectivity index (χ3v) is 3.34. The van der Waals surface area contributed by atoms with Crippen LogP contribution < -0.4 is 5.32 Å². The molecule has 0 spiro atoms. The number of nitrogens with zero attached hydrogens (tertiary/aromatic N) is 1. The summed E-state index contributed by atoms with van der Waals surface area (Å²) in [4.78, 5) is 25.7. The maximum atomic E-state index is 11.9. The van der Waals surface area contributed by atoms with E-state index in [0.29, 0.717) is 19.0 Å². The molecule has 0 radical (unpaired) electrons. The van der Waals surface area contributed by atoms with Gasteiger partial charge in [-0.15, -0.1) is 0 Å². The van der Waals surface area contributed by atoms with Gasteiger partial charge in [0.25, 0.3) is 0 Å². The second-order valence-corrected chi connectivity index (χ2v) is 5.81. The summed E-state index contributed by atoms with van der Waals surface area (Å²) in [6, 6.07) is 9.01. The van der Waals surface area contributed by atoms with Crippen molar-refractivity contribution in [1.29, 1.82) is 0 Å². The first-order valence-corrected chi connectivity index (χ1v) is 7.27. The fraction of sp³-hybridized carbons (Fsp3) is 0.500. The minimum atomic E-state index is -0.538. The number of amides is 1. The highest BCUT2D eigenvalue weighted by atomic mass is 16.5. The number of nitrogens with one attached hydrogen (secondary N) is 1. The summed E-state index contributed by atoms with van der Waals surface area (Å²) in [5, 5.41) is 2.65. The van der Waals surface area contributed by atoms with Crippen molar-refractivity contribution in [3.63, 3.8) is 0 Å². The van der Waals surface area contributed by atoms with Crippen molar-refractivity contribution in [3.05, 3.63) is 35.9 Å². The van der Waals surface area contributed by atoms with Crippen LogP contribution in [-0.4, -0.2) is 42.5 Å². The number of carbonyl (C=O) groups excluding carboxylic acids is 2. The Hall–Kier alpha value is -1.88. The monoisotopic (exact) mass is 290 g/mol. The Labute approximate surface area is 125 Å². The zero-order chi connectivity index (χ0) is 15.2. The van der Waals surface area contributed by atoms with Gasteiger partial charge in [-0.3, -0.25) is 9.69 Å². The highest BCUT2D eigenvalue weighted by Gasteiger charge is 2.32. The van der Waals surface area contributed by atoms with Crippen LogP contribution in [0.25, 0.3) is 0 Å². The van der Waals surface area contributed by atoms with Crippen LogP contribution in [0.2, 0.25) is 0 Å². The van der Waals surface area contributed by atoms with Crippen molar-refractivity contribution in [2.75, 3.05) is 19.6 Å². The van der Waals surface area contributed by atoms with E-state index in [2.05, 4.69) is 24.1 Å². The Morgan fingerprint density at radius 1 is 1.38 bits per heavy atom. The number of rotatable bonds is 5. The zero-order valence-corrected chi connectivity index (χ0v) is 12.5. The molecule has 1 aliphatic rings. The number of Topliss-reactive ketones (excluding diaryl/α,β-unsaturated/α-hetero) is 1. The number of alkyl carbamates (subject to hydrolysis) is 1. The average molecular weight is 290 g/mol. The van der Waals surface area contributed by atoms with Crippen LogP contribution in [0.3, 0.4) is 0 Å². The van der Waals surface area contributed by atoms with Gasteiger partial charge in [0, 0.05) is 13.1 Å². The molecule has 1 aromatic rings. The number of ketones is 1. The number of likely N-dealkylation sites (tertiary alicyclic amines) is 1. The molecule has 1 amide bonds. The van der Waals surface area contributed by atoms with Crippen LogP contribution in [-0.2, 0) is 16.1 Å². The second-order valence-electron chi connectivity index (χ2n) is 5.81. The molecule has 1 fully saturated rings. The van der Waals surface area contributed by atoms with Crippen molar-refractivity contribution < 1.29 is 14.3 Å². The van der Waals surface area contributed by atoms with Crippen LogP contribution >= 0.6 is 0 Å². The van der Waals surface area contributed by atoms with Crippen LogP contribution in [0.15, 0.2) is 30.3 Å². The van der Waals surface area contributed by atoms with Gasteiger partial charge in [-0.05, 0) is 11.5 Å². The maximum Gasteiger partial charge on any atom is 0.408 e. The van der Waals surface area contributed by atoms with E-state index in [-0.39, 0.29) is 12.4 Å². The fourth-order valence-corrected chi connectivity index (χ4v) is 2.44. The molecule has 5 nitrogen and oxygen atoms in total. The lowest BCUT2D eigenvalue weighted by Gasteiger charge is -2.17. The van der Waals surface area contributed by atoms with Gasteiger partial charge in [0.1, 0.15) is 12.6 Å². The van der Waals surface area contributed by atoms with E-state index in [9.17, 15) is 9.59 Å². The molecule has 1 heterocycles. The fourth-order valence-electron chi connectivity index (χ4n) is 2.44. The summed E-state index contributed by atoms with van der Waals surface area (Å²) in [7, 11) is 0. The minimum absolute atomic E-state index is 0.0484. The SMILES string of the molecule is CC(C)CN1CC(=O)[C@@H](NC(=O)OCc2ccccc2)C1. The van der Waals surface area contributed by atoms with E-state index in [1.807, 2.05) is 30.3 Å². The Morgan fingerprint density at radius 2 is 2.10 bits per heavy atom. The molecule has 5 heteroatoms. The summed E-state index contributed by atoms with van der Waals surface area (Å²) in [6.07, 6.45) is -0.538. The Balaban J connectivity index is 1.76. The maximum absolute atomic E-state index is 11.9. The molecule has 21 heavy (non-hydrogen) atoms. The molecule has 114 valence electrons. The van der Waals surface area contributed by atoms with Gasteiger partial charge < -0.3 is 10.1 Å². The largest absolute Gasteiger partial charge is 0.445 e. The van der Waals surface area contributed by atoms with Crippen molar-refractivity contribution in [1.82, 2.24) is 10.2 Å². The lowest BCUT2D eigenvalue weighted by Crippen LogP contribution is -2.41. The van der Waals surface area contributed by atoms with E-state index < -0.39 is 12.1 Å². The lowest BCUT2D eigenvalue weighted by atomic mass is 10.2. The molecular weight excluding hydrogens is 268 g/mol. The van der Waals surface area contributed by atoms with Crippen molar-refractivity contribution in [2.24, 2.45) is 5.92 Å². The average Bonchev–Trinajstić information content (AvgIpc) is 2.76. The smallest absolute Gasteiger partial charge is 0.408 e. The molecule has 1 N–H and O–H groups in total. The number of hydrogen-bond donors (Lipinski definition) is 1. The zero-order valence-electron chi connectivity index (χ0n) is 12.5. The first-order valence-electron chi connectivity index (χ1n) is 7.27. The van der Waals surface area contributed by atoms with Gasteiger partial charge >= 0.3 is 6.09 Å². The standard InChI is InChI=1S/C16H22N2O3/c1-12(2)8-18-9-14(15(19)10-18)17-16(20)21-11-13-6-4-3-5-7-13/h3-7,12,14H,8-11H2,1-2H3,(H,17,20)/t14-/m0/s1. The lowest BCUT2D eigenvalue weighted by molar-refractivity contribution is -0.118. The van der Waals surface area contributed by atoms with Gasteiger partial charge in [-0.2, -0.15) is 0 Å². The van der Waals surface area contributed by atoms with Gasteiger partial charge in [0.05, 0.1) is 6.54 Å². The summed E-state index contributed by atoms with van der Waals surface area (Å²) in [5.74, 6) is 0.550. The minimum Gasteiger partial charge on any atom is -0.445 e. The van der Waals surface area contributed by atoms with Gasteiger partial charge in [-0.1, -0.05) is 44.2 Å². The summed E-state index contributed by atoms with van der Waals surface area (Å²) < 4.78 is 5.13. The van der Waals surface area contributed by atoms with Crippen molar-refractivity contribution in [2.45, 2.75) is 26.5 Å². The molecule has 0 aliphatic carbocycles. The van der Waals surface area contributed by atoms with Crippen LogP contribution in [0.4, 0.5) is 4.79 Å². The summed E-state index contributed by atoms with van der Waals surface area (Å²) >= 11 is 0. The Bertz CT molecular complexity index is 488. The molecule has 1 saturated heterocycles. The van der Waals surface area contributed by atoms with Crippen molar-refractivity contribution in [3.8, 4) is 0 Å². The second kappa shape index (κ2) is 7.22. The molecule has 0 saturated carbocycles. The molecule has 1 aromatic carbocycles. The third-order valence-electron chi connectivity index (χ3n) is 3.34. The van der Waals surface area contributed by atoms with E-state index in [1.165, 1.54) is 0 Å². The number of benzene rings is 1. The number of ether oxygens (including phenoxy) is 1. The van der Waals surface area contributed by atoms with E-state index in [4.69, 9.17) is 4.74 Å². The molecular formula is C16H22N2O3. The quantitative estimate of drug-likeness (QED) is 0.898. The van der Waals surface area contributed by atoms with Gasteiger partial charge in [0.2, 0.25) is 0 Å². The summed E-state index contributed by atoms with van der Waals surface area (Å²) in [5.41, 5.74) is 0.923. The molecule has 2 rings (SSSR count). The van der Waals surface area contributed by atoms with Crippen LogP contribution in [0.1, 0.15) is 19.4 Å². The van der Waals surface area contributed by atoms with Crippen LogP contribution in [0, 0.1) is 5.92 Å². The predicted molar refractivity (Wildman–Crippen MR) is 79.8 cm³/mol. The molecule has 1 aliphatic heterocycles. The van der Waals surface area contributed by atoms with E-state index in [1.54, 1.807) is 0 Å². The Kier molecular flexibility index (Phi) is 5.33. The number of hydrogen-bond acceptors (Lipinski definition) is 4. The third kappa shape index (κ3) is 4.86. The molecule has 0 bridgehead atoms. The molecule has 0 unspecified atom stereocenters. The van der Waals surface area contributed by atoms with Crippen LogP contribution in [0.5, 0.6) is 0 Å². The Morgan fingerprint density at radius 3 is 2.76 bits per heavy atom. The topological polar surface area (TPSA) is 58.6 Å². The first-order chi connectivity index (χ1) is 10.0. The van der Waals surface area contributed by atoms with Gasteiger partial charge in [-0.25, -0.2) is 4.79 Å². The molecule has 0 aromatic heterocycles. The van der Waals surface area contributed by atoms with Gasteiger partial charge in [0.15, 0.2) is 5.78 Å². The summed E-state index contributed by atoms with van der Waals surface area (Å²) in [6.45, 7) is 6.27. The van der Waals surface area contributed by atoms with Crippen molar-refractivity contribution >= 4 is 11.9 Å². The predicted octanol–water partition coefficient (Wildman–Crippen LogP) is 1.82. The number of carbonyl (C=O) groups is 2. The van der Waals surface area contributed by atoms with E-state index in [0.717, 1.165) is 12.1 Å². The molecule has 1 atom stereocenters. The first kappa shape index (κ1) is 15.5. The highest BCUT2D eigenvalue weighted by Crippen LogP contribution is 2.09. The normalized spacial score (nSPS) is 19.0.